The number of anilines is 2. The lowest BCUT2D eigenvalue weighted by atomic mass is 10.1. The molecule has 5 heteroatoms. The van der Waals surface area contributed by atoms with Crippen LogP contribution in [0.2, 0.25) is 0 Å². The molecular weight excluding hydrogens is 356 g/mol. The number of hydrogen-bond acceptors (Lipinski definition) is 2. The minimum absolute atomic E-state index is 0.00347. The summed E-state index contributed by atoms with van der Waals surface area (Å²) in [5.41, 5.74) is 3.56. The molecule has 118 valence electrons. The summed E-state index contributed by atoms with van der Waals surface area (Å²) < 4.78 is 0.916. The molecule has 4 nitrogen and oxygen atoms in total. The molecule has 1 heterocycles. The van der Waals surface area contributed by atoms with Gasteiger partial charge in [0.15, 0.2) is 0 Å². The molecule has 3 rings (SSSR count). The van der Waals surface area contributed by atoms with Crippen LogP contribution < -0.4 is 10.2 Å². The molecule has 1 aliphatic rings. The highest BCUT2D eigenvalue weighted by atomic mass is 79.9. The monoisotopic (exact) mass is 372 g/mol. The normalized spacial score (nSPS) is 12.9. The van der Waals surface area contributed by atoms with Crippen molar-refractivity contribution in [3.8, 4) is 0 Å². The van der Waals surface area contributed by atoms with Crippen LogP contribution in [0.1, 0.15) is 18.1 Å². The number of amides is 2. The van der Waals surface area contributed by atoms with E-state index in [-0.39, 0.29) is 18.2 Å². The van der Waals surface area contributed by atoms with Gasteiger partial charge in [-0.3, -0.25) is 9.59 Å². The topological polar surface area (TPSA) is 49.4 Å². The summed E-state index contributed by atoms with van der Waals surface area (Å²) in [6, 6.07) is 13.4. The van der Waals surface area contributed by atoms with Crippen LogP contribution in [0.15, 0.2) is 46.9 Å². The van der Waals surface area contributed by atoms with Crippen molar-refractivity contribution in [3.63, 3.8) is 0 Å². The fourth-order valence-electron chi connectivity index (χ4n) is 2.88. The number of benzene rings is 2. The second-order valence-electron chi connectivity index (χ2n) is 5.55. The Morgan fingerprint density at radius 3 is 2.70 bits per heavy atom. The molecule has 0 aromatic heterocycles. The minimum atomic E-state index is -0.0966. The Morgan fingerprint density at radius 2 is 1.96 bits per heavy atom. The maximum absolute atomic E-state index is 12.4. The van der Waals surface area contributed by atoms with Crippen LogP contribution in [0.4, 0.5) is 11.4 Å². The van der Waals surface area contributed by atoms with Crippen molar-refractivity contribution >= 4 is 39.1 Å². The molecule has 0 aliphatic carbocycles. The van der Waals surface area contributed by atoms with E-state index in [4.69, 9.17) is 0 Å². The molecule has 23 heavy (non-hydrogen) atoms. The largest absolute Gasteiger partial charge is 0.324 e. The van der Waals surface area contributed by atoms with Crippen LogP contribution in [0.25, 0.3) is 0 Å². The highest BCUT2D eigenvalue weighted by Gasteiger charge is 2.25. The van der Waals surface area contributed by atoms with Gasteiger partial charge in [-0.1, -0.05) is 46.3 Å². The molecule has 1 N–H and O–H groups in total. The lowest BCUT2D eigenvalue weighted by Gasteiger charge is -2.19. The Balaban J connectivity index is 1.81. The molecule has 0 saturated carbocycles. The van der Waals surface area contributed by atoms with E-state index < -0.39 is 0 Å². The molecule has 0 fully saturated rings. The van der Waals surface area contributed by atoms with Crippen molar-refractivity contribution in [2.75, 3.05) is 16.8 Å². The van der Waals surface area contributed by atoms with Crippen molar-refractivity contribution in [2.45, 2.75) is 19.8 Å². The second kappa shape index (κ2) is 6.54. The Bertz CT molecular complexity index is 773. The van der Waals surface area contributed by atoms with E-state index in [1.165, 1.54) is 0 Å². The van der Waals surface area contributed by atoms with Gasteiger partial charge in [0.1, 0.15) is 0 Å². The molecule has 1 aliphatic heterocycles. The van der Waals surface area contributed by atoms with Crippen LogP contribution in [-0.4, -0.2) is 18.4 Å². The summed E-state index contributed by atoms with van der Waals surface area (Å²) >= 11 is 3.46. The number of fused-ring (bicyclic) bond motifs is 1. The molecule has 0 saturated heterocycles. The van der Waals surface area contributed by atoms with Gasteiger partial charge in [0.2, 0.25) is 11.8 Å². The summed E-state index contributed by atoms with van der Waals surface area (Å²) in [5.74, 6) is -0.100. The van der Waals surface area contributed by atoms with Gasteiger partial charge in [-0.25, -0.2) is 0 Å². The zero-order valence-electron chi connectivity index (χ0n) is 12.8. The molecule has 0 spiro atoms. The first-order valence-electron chi connectivity index (χ1n) is 7.49. The maximum Gasteiger partial charge on any atom is 0.228 e. The number of para-hydroxylation sites is 1. The van der Waals surface area contributed by atoms with Gasteiger partial charge in [0.25, 0.3) is 0 Å². The molecule has 2 aromatic carbocycles. The number of hydrogen-bond donors (Lipinski definition) is 1. The zero-order chi connectivity index (χ0) is 16.4. The summed E-state index contributed by atoms with van der Waals surface area (Å²) in [7, 11) is 0. The van der Waals surface area contributed by atoms with E-state index >= 15 is 0 Å². The third kappa shape index (κ3) is 3.29. The fourth-order valence-corrected chi connectivity index (χ4v) is 3.31. The predicted molar refractivity (Wildman–Crippen MR) is 94.6 cm³/mol. The van der Waals surface area contributed by atoms with Gasteiger partial charge >= 0.3 is 0 Å². The van der Waals surface area contributed by atoms with Gasteiger partial charge in [-0.15, -0.1) is 0 Å². The van der Waals surface area contributed by atoms with E-state index in [1.54, 1.807) is 11.8 Å². The first-order valence-corrected chi connectivity index (χ1v) is 8.29. The van der Waals surface area contributed by atoms with Gasteiger partial charge in [-0.2, -0.15) is 0 Å². The first-order chi connectivity index (χ1) is 11.1. The van der Waals surface area contributed by atoms with Crippen molar-refractivity contribution in [1.82, 2.24) is 0 Å². The number of halogens is 1. The lowest BCUT2D eigenvalue weighted by molar-refractivity contribution is -0.117. The number of nitrogens with zero attached hydrogens (tertiary/aromatic N) is 1. The van der Waals surface area contributed by atoms with Crippen molar-refractivity contribution in [2.24, 2.45) is 0 Å². The Kier molecular flexibility index (Phi) is 4.48. The van der Waals surface area contributed by atoms with Crippen LogP contribution >= 0.6 is 15.9 Å². The van der Waals surface area contributed by atoms with Crippen molar-refractivity contribution < 1.29 is 9.59 Å². The average Bonchev–Trinajstić information content (AvgIpc) is 2.95. The SMILES string of the molecule is CC(=O)N1CCc2cccc(NC(=O)Cc3ccccc3Br)c21. The third-order valence-corrected chi connectivity index (χ3v) is 4.73. The summed E-state index contributed by atoms with van der Waals surface area (Å²) in [6.45, 7) is 2.22. The number of nitrogens with one attached hydrogen (secondary N) is 1. The summed E-state index contributed by atoms with van der Waals surface area (Å²) in [6.07, 6.45) is 1.11. The van der Waals surface area contributed by atoms with E-state index in [1.807, 2.05) is 42.5 Å². The minimum Gasteiger partial charge on any atom is -0.324 e. The standard InChI is InChI=1S/C18H17BrN2O2/c1-12(22)21-10-9-13-6-4-8-16(18(13)21)20-17(23)11-14-5-2-3-7-15(14)19/h2-8H,9-11H2,1H3,(H,20,23). The van der Waals surface area contributed by atoms with Gasteiger partial charge in [-0.05, 0) is 29.7 Å². The molecule has 2 amide bonds. The highest BCUT2D eigenvalue weighted by molar-refractivity contribution is 9.10. The van der Waals surface area contributed by atoms with Gasteiger partial charge in [0, 0.05) is 17.9 Å². The molecule has 2 aromatic rings. The lowest BCUT2D eigenvalue weighted by Crippen LogP contribution is -2.27. The summed E-state index contributed by atoms with van der Waals surface area (Å²) in [4.78, 5) is 25.9. The van der Waals surface area contributed by atoms with Gasteiger partial charge in [0.05, 0.1) is 17.8 Å². The molecular formula is C18H17BrN2O2. The zero-order valence-corrected chi connectivity index (χ0v) is 14.4. The second-order valence-corrected chi connectivity index (χ2v) is 6.40. The van der Waals surface area contributed by atoms with Crippen LogP contribution in [0.5, 0.6) is 0 Å². The Hall–Kier alpha value is -2.14. The quantitative estimate of drug-likeness (QED) is 0.895. The van der Waals surface area contributed by atoms with E-state index in [2.05, 4.69) is 21.2 Å². The Morgan fingerprint density at radius 1 is 1.17 bits per heavy atom. The van der Waals surface area contributed by atoms with Crippen LogP contribution in [0, 0.1) is 0 Å². The number of carbonyl (C=O) groups excluding carboxylic acids is 2. The maximum atomic E-state index is 12.4. The molecule has 0 bridgehead atoms. The summed E-state index contributed by atoms with van der Waals surface area (Å²) in [5, 5.41) is 2.95. The molecule has 0 atom stereocenters. The van der Waals surface area contributed by atoms with E-state index in [9.17, 15) is 9.59 Å². The van der Waals surface area contributed by atoms with Gasteiger partial charge < -0.3 is 10.2 Å². The average molecular weight is 373 g/mol. The van der Waals surface area contributed by atoms with Crippen molar-refractivity contribution in [3.05, 3.63) is 58.1 Å². The highest BCUT2D eigenvalue weighted by Crippen LogP contribution is 2.35. The Labute approximate surface area is 143 Å². The van der Waals surface area contributed by atoms with Crippen LogP contribution in [-0.2, 0) is 22.4 Å². The smallest absolute Gasteiger partial charge is 0.228 e. The van der Waals surface area contributed by atoms with E-state index in [0.717, 1.165) is 27.7 Å². The number of rotatable bonds is 3. The van der Waals surface area contributed by atoms with E-state index in [0.29, 0.717) is 12.2 Å². The van der Waals surface area contributed by atoms with Crippen LogP contribution in [0.3, 0.4) is 0 Å². The molecule has 0 unspecified atom stereocenters. The third-order valence-electron chi connectivity index (χ3n) is 3.96. The first kappa shape index (κ1) is 15.7. The fraction of sp³-hybridized carbons (Fsp3) is 0.222. The predicted octanol–water partition coefficient (Wildman–Crippen LogP) is 3.54. The van der Waals surface area contributed by atoms with Crippen molar-refractivity contribution in [1.29, 1.82) is 0 Å². The molecule has 0 radical (unpaired) electrons. The number of carbonyl (C=O) groups is 2.